The predicted octanol–water partition coefficient (Wildman–Crippen LogP) is -0.208. The van der Waals surface area contributed by atoms with Crippen molar-refractivity contribution in [1.29, 1.82) is 0 Å². The number of carboxylic acid groups (broad SMARTS) is 2. The highest BCUT2D eigenvalue weighted by Gasteiger charge is 2.35. The van der Waals surface area contributed by atoms with E-state index in [9.17, 15) is 29.7 Å². The van der Waals surface area contributed by atoms with Crippen LogP contribution in [-0.2, 0) is 20.8 Å². The van der Waals surface area contributed by atoms with E-state index in [1.807, 2.05) is 0 Å². The number of carbonyl (C=O) groups excluding carboxylic acids is 1. The summed E-state index contributed by atoms with van der Waals surface area (Å²) in [6, 6.07) is 2.62. The molecule has 2 atom stereocenters. The molecule has 0 bridgehead atoms. The summed E-state index contributed by atoms with van der Waals surface area (Å²) < 4.78 is 0. The van der Waals surface area contributed by atoms with Crippen molar-refractivity contribution in [3.63, 3.8) is 0 Å². The van der Waals surface area contributed by atoms with Crippen molar-refractivity contribution < 1.29 is 34.8 Å². The van der Waals surface area contributed by atoms with Crippen LogP contribution in [0.1, 0.15) is 25.3 Å². The van der Waals surface area contributed by atoms with E-state index in [0.717, 1.165) is 0 Å². The molecule has 0 aromatic heterocycles. The van der Waals surface area contributed by atoms with Gasteiger partial charge in [-0.05, 0) is 31.0 Å². The van der Waals surface area contributed by atoms with Gasteiger partial charge in [0.25, 0.3) is 0 Å². The SMILES string of the molecule is C[C@@](Cc1ccc(O)c(O)c1)(NC(=O)CCC(N)C(=O)O)C(=O)O. The number of carbonyl (C=O) groups is 3. The van der Waals surface area contributed by atoms with Gasteiger partial charge in [0.1, 0.15) is 11.6 Å². The monoisotopic (exact) mass is 340 g/mol. The van der Waals surface area contributed by atoms with Crippen molar-refractivity contribution in [2.75, 3.05) is 0 Å². The van der Waals surface area contributed by atoms with Crippen LogP contribution in [0.25, 0.3) is 0 Å². The van der Waals surface area contributed by atoms with Gasteiger partial charge in [-0.25, -0.2) is 4.79 Å². The number of phenols is 2. The van der Waals surface area contributed by atoms with Crippen LogP contribution in [-0.4, -0.2) is 49.9 Å². The fraction of sp³-hybridized carbons (Fsp3) is 0.400. The maximum atomic E-state index is 11.9. The molecule has 0 radical (unpaired) electrons. The summed E-state index contributed by atoms with van der Waals surface area (Å²) >= 11 is 0. The minimum absolute atomic E-state index is 0.128. The Kier molecular flexibility index (Phi) is 6.13. The third-order valence-corrected chi connectivity index (χ3v) is 3.48. The molecule has 0 saturated heterocycles. The van der Waals surface area contributed by atoms with Gasteiger partial charge in [-0.15, -0.1) is 0 Å². The summed E-state index contributed by atoms with van der Waals surface area (Å²) in [5, 5.41) is 39.1. The number of rotatable bonds is 8. The first kappa shape index (κ1) is 19.2. The first-order chi connectivity index (χ1) is 11.0. The van der Waals surface area contributed by atoms with Gasteiger partial charge in [0.05, 0.1) is 0 Å². The number of hydrogen-bond acceptors (Lipinski definition) is 6. The molecule has 0 aliphatic rings. The third kappa shape index (κ3) is 5.13. The van der Waals surface area contributed by atoms with Crippen molar-refractivity contribution >= 4 is 17.8 Å². The van der Waals surface area contributed by atoms with Crippen molar-refractivity contribution in [1.82, 2.24) is 5.32 Å². The average Bonchev–Trinajstić information content (AvgIpc) is 2.48. The Morgan fingerprint density at radius 1 is 1.21 bits per heavy atom. The molecule has 132 valence electrons. The molecule has 9 heteroatoms. The number of aromatic hydroxyl groups is 2. The van der Waals surface area contributed by atoms with Crippen molar-refractivity contribution in [3.8, 4) is 11.5 Å². The van der Waals surface area contributed by atoms with E-state index in [0.29, 0.717) is 5.56 Å². The van der Waals surface area contributed by atoms with E-state index in [4.69, 9.17) is 10.8 Å². The molecule has 0 saturated carbocycles. The van der Waals surface area contributed by atoms with Gasteiger partial charge < -0.3 is 31.5 Å². The molecule has 0 aliphatic heterocycles. The first-order valence-corrected chi connectivity index (χ1v) is 7.09. The first-order valence-electron chi connectivity index (χ1n) is 7.09. The van der Waals surface area contributed by atoms with E-state index >= 15 is 0 Å². The van der Waals surface area contributed by atoms with Crippen LogP contribution in [0.5, 0.6) is 11.5 Å². The zero-order valence-corrected chi connectivity index (χ0v) is 13.0. The lowest BCUT2D eigenvalue weighted by molar-refractivity contribution is -0.147. The number of phenolic OH excluding ortho intramolecular Hbond substituents is 2. The minimum Gasteiger partial charge on any atom is -0.504 e. The molecule has 0 spiro atoms. The molecular weight excluding hydrogens is 320 g/mol. The number of nitrogens with two attached hydrogens (primary N) is 1. The fourth-order valence-electron chi connectivity index (χ4n) is 2.04. The number of hydrogen-bond donors (Lipinski definition) is 6. The summed E-state index contributed by atoms with van der Waals surface area (Å²) in [7, 11) is 0. The van der Waals surface area contributed by atoms with Gasteiger partial charge in [0.15, 0.2) is 11.5 Å². The highest BCUT2D eigenvalue weighted by molar-refractivity contribution is 5.87. The van der Waals surface area contributed by atoms with Gasteiger partial charge in [-0.3, -0.25) is 9.59 Å². The Morgan fingerprint density at radius 2 is 1.83 bits per heavy atom. The molecule has 0 fully saturated rings. The second-order valence-corrected chi connectivity index (χ2v) is 5.67. The van der Waals surface area contributed by atoms with Crippen LogP contribution in [0.4, 0.5) is 0 Å². The molecule has 1 unspecified atom stereocenters. The Labute approximate surface area is 137 Å². The molecule has 0 heterocycles. The largest absolute Gasteiger partial charge is 0.504 e. The zero-order valence-electron chi connectivity index (χ0n) is 13.0. The van der Waals surface area contributed by atoms with Crippen LogP contribution in [0, 0.1) is 0 Å². The maximum Gasteiger partial charge on any atom is 0.329 e. The third-order valence-electron chi connectivity index (χ3n) is 3.48. The van der Waals surface area contributed by atoms with Crippen molar-refractivity contribution in [2.45, 2.75) is 37.8 Å². The predicted molar refractivity (Wildman–Crippen MR) is 82.5 cm³/mol. The molecule has 9 nitrogen and oxygen atoms in total. The Bertz CT molecular complexity index is 647. The highest BCUT2D eigenvalue weighted by atomic mass is 16.4. The Balaban J connectivity index is 2.80. The quantitative estimate of drug-likeness (QED) is 0.353. The van der Waals surface area contributed by atoms with Gasteiger partial charge in [0, 0.05) is 12.8 Å². The lowest BCUT2D eigenvalue weighted by Gasteiger charge is -2.26. The minimum atomic E-state index is -1.67. The summed E-state index contributed by atoms with van der Waals surface area (Å²) in [6.07, 6.45) is -0.513. The van der Waals surface area contributed by atoms with Crippen LogP contribution in [0.15, 0.2) is 18.2 Å². The second kappa shape index (κ2) is 7.64. The average molecular weight is 340 g/mol. The van der Waals surface area contributed by atoms with Crippen LogP contribution in [0.3, 0.4) is 0 Å². The Hall–Kier alpha value is -2.81. The number of nitrogens with one attached hydrogen (secondary N) is 1. The number of aliphatic carboxylic acids is 2. The van der Waals surface area contributed by atoms with Crippen molar-refractivity contribution in [2.24, 2.45) is 5.73 Å². The summed E-state index contributed by atoms with van der Waals surface area (Å²) in [6.45, 7) is 1.29. The second-order valence-electron chi connectivity index (χ2n) is 5.67. The number of amides is 1. The van der Waals surface area contributed by atoms with Gasteiger partial charge in [-0.1, -0.05) is 6.07 Å². The fourth-order valence-corrected chi connectivity index (χ4v) is 2.04. The van der Waals surface area contributed by atoms with Crippen molar-refractivity contribution in [3.05, 3.63) is 23.8 Å². The summed E-state index contributed by atoms with van der Waals surface area (Å²) in [5.74, 6) is -3.95. The van der Waals surface area contributed by atoms with Crippen LogP contribution < -0.4 is 11.1 Å². The smallest absolute Gasteiger partial charge is 0.329 e. The maximum absolute atomic E-state index is 11.9. The van der Waals surface area contributed by atoms with E-state index in [1.54, 1.807) is 0 Å². The summed E-state index contributed by atoms with van der Waals surface area (Å²) in [5.41, 5.74) is 4.01. The van der Waals surface area contributed by atoms with Gasteiger partial charge in [0.2, 0.25) is 5.91 Å². The lowest BCUT2D eigenvalue weighted by Crippen LogP contribution is -2.54. The van der Waals surface area contributed by atoms with E-state index in [2.05, 4.69) is 5.32 Å². The molecule has 1 aromatic rings. The summed E-state index contributed by atoms with van der Waals surface area (Å²) in [4.78, 5) is 34.0. The van der Waals surface area contributed by atoms with E-state index in [-0.39, 0.29) is 25.0 Å². The zero-order chi connectivity index (χ0) is 18.5. The van der Waals surface area contributed by atoms with E-state index in [1.165, 1.54) is 25.1 Å². The van der Waals surface area contributed by atoms with E-state index < -0.39 is 35.2 Å². The van der Waals surface area contributed by atoms with Gasteiger partial charge >= 0.3 is 11.9 Å². The normalized spacial score (nSPS) is 14.4. The molecule has 24 heavy (non-hydrogen) atoms. The molecule has 1 rings (SSSR count). The van der Waals surface area contributed by atoms with Crippen LogP contribution >= 0.6 is 0 Å². The molecular formula is C15H20N2O7. The van der Waals surface area contributed by atoms with Gasteiger partial charge in [-0.2, -0.15) is 0 Å². The molecule has 1 aromatic carbocycles. The Morgan fingerprint density at radius 3 is 2.33 bits per heavy atom. The number of carboxylic acids is 2. The topological polar surface area (TPSA) is 170 Å². The lowest BCUT2D eigenvalue weighted by atomic mass is 9.92. The van der Waals surface area contributed by atoms with Crippen LogP contribution in [0.2, 0.25) is 0 Å². The highest BCUT2D eigenvalue weighted by Crippen LogP contribution is 2.27. The molecule has 1 amide bonds. The standard InChI is InChI=1S/C15H20N2O7/c1-15(14(23)24,7-8-2-4-10(18)11(19)6-8)17-12(20)5-3-9(16)13(21)22/h2,4,6,9,18-19H,3,5,7,16H2,1H3,(H,17,20)(H,21,22)(H,23,24)/t9?,15-/m0/s1. The number of benzene rings is 1. The molecule has 0 aliphatic carbocycles. The molecule has 7 N–H and O–H groups in total.